The standard InChI is InChI=1S/C21H16N2O6/c24-11-21-10-9-16(29-21)17-18(21)20(26)22(19(17)25)14-5-1-12(2-6-14)13-3-7-15(8-4-13)23(27)28/h1-10,16-18,24H,11H2/t16-,17+,18-,21+/m1/s1. The molecule has 0 aromatic heterocycles. The molecule has 5 rings (SSSR count). The van der Waals surface area contributed by atoms with Gasteiger partial charge in [0.2, 0.25) is 11.8 Å². The molecule has 8 heteroatoms. The Morgan fingerprint density at radius 1 is 1.03 bits per heavy atom. The van der Waals surface area contributed by atoms with Gasteiger partial charge < -0.3 is 9.84 Å². The number of aliphatic hydroxyl groups excluding tert-OH is 1. The van der Waals surface area contributed by atoms with E-state index in [1.165, 1.54) is 17.0 Å². The maximum Gasteiger partial charge on any atom is 0.269 e. The third-order valence-electron chi connectivity index (χ3n) is 5.94. The molecule has 0 aliphatic carbocycles. The van der Waals surface area contributed by atoms with Crippen LogP contribution in [0.1, 0.15) is 0 Å². The van der Waals surface area contributed by atoms with E-state index in [0.29, 0.717) is 5.69 Å². The van der Waals surface area contributed by atoms with Crippen LogP contribution in [0.25, 0.3) is 11.1 Å². The zero-order valence-electron chi connectivity index (χ0n) is 15.1. The van der Waals surface area contributed by atoms with Crippen LogP contribution in [-0.4, -0.2) is 40.2 Å². The van der Waals surface area contributed by atoms with Gasteiger partial charge in [-0.3, -0.25) is 19.7 Å². The van der Waals surface area contributed by atoms with E-state index < -0.39 is 28.5 Å². The molecule has 2 aromatic carbocycles. The van der Waals surface area contributed by atoms with E-state index in [1.54, 1.807) is 48.6 Å². The molecule has 0 unspecified atom stereocenters. The van der Waals surface area contributed by atoms with Gasteiger partial charge in [-0.25, -0.2) is 4.90 Å². The number of anilines is 1. The van der Waals surface area contributed by atoms with Gasteiger partial charge >= 0.3 is 0 Å². The summed E-state index contributed by atoms with van der Waals surface area (Å²) in [6.07, 6.45) is 2.93. The number of non-ortho nitro benzene ring substituents is 1. The first-order chi connectivity index (χ1) is 13.9. The Bertz CT molecular complexity index is 1060. The van der Waals surface area contributed by atoms with Crippen LogP contribution in [0.15, 0.2) is 60.7 Å². The zero-order valence-corrected chi connectivity index (χ0v) is 15.1. The summed E-state index contributed by atoms with van der Waals surface area (Å²) in [5.41, 5.74) is 0.934. The molecule has 4 atom stereocenters. The van der Waals surface area contributed by atoms with Crippen LogP contribution in [0.4, 0.5) is 11.4 Å². The number of nitro benzene ring substituents is 1. The van der Waals surface area contributed by atoms with Crippen molar-refractivity contribution in [3.63, 3.8) is 0 Å². The minimum absolute atomic E-state index is 0.00782. The van der Waals surface area contributed by atoms with E-state index in [1.807, 2.05) is 0 Å². The molecule has 8 nitrogen and oxygen atoms in total. The number of imide groups is 1. The summed E-state index contributed by atoms with van der Waals surface area (Å²) in [5, 5.41) is 20.6. The number of hydrogen-bond acceptors (Lipinski definition) is 6. The first-order valence-corrected chi connectivity index (χ1v) is 9.16. The third-order valence-corrected chi connectivity index (χ3v) is 5.94. The average molecular weight is 392 g/mol. The SMILES string of the molecule is O=C1[C@H]2[C@H]3C=C[C@@](CO)(O3)[C@H]2C(=O)N1c1ccc(-c2ccc([N+](=O)[O-])cc2)cc1. The number of carbonyl (C=O) groups excluding carboxylic acids is 2. The highest BCUT2D eigenvalue weighted by Crippen LogP contribution is 2.52. The number of hydrogen-bond donors (Lipinski definition) is 1. The van der Waals surface area contributed by atoms with E-state index in [0.717, 1.165) is 11.1 Å². The predicted molar refractivity (Wildman–Crippen MR) is 102 cm³/mol. The molecule has 0 spiro atoms. The quantitative estimate of drug-likeness (QED) is 0.369. The monoisotopic (exact) mass is 392 g/mol. The third kappa shape index (κ3) is 2.39. The van der Waals surface area contributed by atoms with Gasteiger partial charge in [0.25, 0.3) is 5.69 Å². The summed E-state index contributed by atoms with van der Waals surface area (Å²) in [6.45, 7) is -0.354. The highest BCUT2D eigenvalue weighted by atomic mass is 16.6. The summed E-state index contributed by atoms with van der Waals surface area (Å²) in [6, 6.07) is 13.0. The fourth-order valence-corrected chi connectivity index (χ4v) is 4.52. The molecule has 0 radical (unpaired) electrons. The van der Waals surface area contributed by atoms with Crippen molar-refractivity contribution in [2.75, 3.05) is 11.5 Å². The van der Waals surface area contributed by atoms with Crippen LogP contribution >= 0.6 is 0 Å². The van der Waals surface area contributed by atoms with Gasteiger partial charge in [0.15, 0.2) is 0 Å². The molecular formula is C21H16N2O6. The first-order valence-electron chi connectivity index (χ1n) is 9.16. The van der Waals surface area contributed by atoms with Crippen molar-refractivity contribution in [3.05, 3.63) is 70.8 Å². The van der Waals surface area contributed by atoms with E-state index in [-0.39, 0.29) is 24.1 Å². The Hall–Kier alpha value is -3.36. The zero-order chi connectivity index (χ0) is 20.3. The Morgan fingerprint density at radius 2 is 1.66 bits per heavy atom. The fraction of sp³-hybridized carbons (Fsp3) is 0.238. The molecule has 2 saturated heterocycles. The molecule has 2 aromatic rings. The molecule has 0 saturated carbocycles. The topological polar surface area (TPSA) is 110 Å². The molecule has 2 amide bonds. The molecule has 3 aliphatic heterocycles. The average Bonchev–Trinajstić information content (AvgIpc) is 3.39. The second kappa shape index (κ2) is 6.07. The Balaban J connectivity index is 1.43. The van der Waals surface area contributed by atoms with E-state index in [9.17, 15) is 24.8 Å². The summed E-state index contributed by atoms with van der Waals surface area (Å²) < 4.78 is 5.73. The highest BCUT2D eigenvalue weighted by Gasteiger charge is 2.67. The lowest BCUT2D eigenvalue weighted by atomic mass is 9.77. The molecule has 3 aliphatic rings. The van der Waals surface area contributed by atoms with Crippen molar-refractivity contribution in [2.24, 2.45) is 11.8 Å². The molecule has 146 valence electrons. The van der Waals surface area contributed by atoms with E-state index >= 15 is 0 Å². The first kappa shape index (κ1) is 17.7. The second-order valence-electron chi connectivity index (χ2n) is 7.42. The van der Waals surface area contributed by atoms with E-state index in [4.69, 9.17) is 4.74 Å². The van der Waals surface area contributed by atoms with Crippen LogP contribution in [0.5, 0.6) is 0 Å². The molecule has 2 bridgehead atoms. The van der Waals surface area contributed by atoms with Gasteiger partial charge in [-0.2, -0.15) is 0 Å². The predicted octanol–water partition coefficient (Wildman–Crippen LogP) is 2.07. The fourth-order valence-electron chi connectivity index (χ4n) is 4.52. The van der Waals surface area contributed by atoms with Crippen molar-refractivity contribution in [3.8, 4) is 11.1 Å². The van der Waals surface area contributed by atoms with Gasteiger partial charge in [-0.1, -0.05) is 24.3 Å². The number of nitro groups is 1. The van der Waals surface area contributed by atoms with Gasteiger partial charge in [0, 0.05) is 12.1 Å². The summed E-state index contributed by atoms with van der Waals surface area (Å²) in [7, 11) is 0. The van der Waals surface area contributed by atoms with Crippen LogP contribution in [0.2, 0.25) is 0 Å². The van der Waals surface area contributed by atoms with Crippen LogP contribution < -0.4 is 4.90 Å². The van der Waals surface area contributed by atoms with Crippen molar-refractivity contribution in [2.45, 2.75) is 11.7 Å². The molecule has 1 N–H and O–H groups in total. The molecule has 29 heavy (non-hydrogen) atoms. The van der Waals surface area contributed by atoms with Crippen LogP contribution in [0.3, 0.4) is 0 Å². The Kier molecular flexibility index (Phi) is 3.71. The van der Waals surface area contributed by atoms with Crippen molar-refractivity contribution >= 4 is 23.2 Å². The maximum absolute atomic E-state index is 13.0. The summed E-state index contributed by atoms with van der Waals surface area (Å²) >= 11 is 0. The van der Waals surface area contributed by atoms with Gasteiger partial charge in [0.1, 0.15) is 5.60 Å². The minimum atomic E-state index is -1.12. The lowest BCUT2D eigenvalue weighted by Crippen LogP contribution is -2.43. The van der Waals surface area contributed by atoms with Crippen molar-refractivity contribution < 1.29 is 24.4 Å². The Labute approximate surface area is 165 Å². The molecular weight excluding hydrogens is 376 g/mol. The number of amides is 2. The number of nitrogens with zero attached hydrogens (tertiary/aromatic N) is 2. The van der Waals surface area contributed by atoms with Gasteiger partial charge in [0.05, 0.1) is 35.2 Å². The lowest BCUT2D eigenvalue weighted by Gasteiger charge is -2.26. The van der Waals surface area contributed by atoms with Gasteiger partial charge in [-0.15, -0.1) is 0 Å². The normalized spacial score (nSPS) is 29.6. The van der Waals surface area contributed by atoms with Crippen LogP contribution in [-0.2, 0) is 14.3 Å². The number of benzene rings is 2. The molecule has 2 fully saturated rings. The second-order valence-corrected chi connectivity index (χ2v) is 7.42. The lowest BCUT2D eigenvalue weighted by molar-refractivity contribution is -0.384. The Morgan fingerprint density at radius 3 is 2.24 bits per heavy atom. The van der Waals surface area contributed by atoms with Crippen LogP contribution in [0, 0.1) is 22.0 Å². The highest BCUT2D eigenvalue weighted by molar-refractivity contribution is 6.23. The van der Waals surface area contributed by atoms with E-state index in [2.05, 4.69) is 0 Å². The minimum Gasteiger partial charge on any atom is -0.393 e. The van der Waals surface area contributed by atoms with Crippen molar-refractivity contribution in [1.29, 1.82) is 0 Å². The number of ether oxygens (including phenoxy) is 1. The van der Waals surface area contributed by atoms with Crippen molar-refractivity contribution in [1.82, 2.24) is 0 Å². The maximum atomic E-state index is 13.0. The number of aliphatic hydroxyl groups is 1. The summed E-state index contributed by atoms with van der Waals surface area (Å²) in [4.78, 5) is 37.5. The van der Waals surface area contributed by atoms with Gasteiger partial charge in [-0.05, 0) is 35.4 Å². The smallest absolute Gasteiger partial charge is 0.269 e. The number of carbonyl (C=O) groups is 2. The summed E-state index contributed by atoms with van der Waals surface area (Å²) in [5.74, 6) is -2.03. The number of fused-ring (bicyclic) bond motifs is 5. The molecule has 3 heterocycles. The number of rotatable bonds is 4. The largest absolute Gasteiger partial charge is 0.393 e.